The molecule has 2 aromatic heterocycles. The summed E-state index contributed by atoms with van der Waals surface area (Å²) in [5.41, 5.74) is 1.92. The first-order valence-corrected chi connectivity index (χ1v) is 11.1. The summed E-state index contributed by atoms with van der Waals surface area (Å²) in [4.78, 5) is 18.9. The molecule has 1 saturated heterocycles. The first kappa shape index (κ1) is 20.7. The zero-order chi connectivity index (χ0) is 22.2. The van der Waals surface area contributed by atoms with Crippen molar-refractivity contribution >= 4 is 16.8 Å². The molecule has 3 aromatic rings. The van der Waals surface area contributed by atoms with Gasteiger partial charge in [-0.1, -0.05) is 0 Å². The number of aryl methyl sites for hydroxylation is 1. The Labute approximate surface area is 185 Å². The minimum absolute atomic E-state index is 0.0510. The van der Waals surface area contributed by atoms with Crippen LogP contribution in [0.4, 0.5) is 4.39 Å². The van der Waals surface area contributed by atoms with Crippen molar-refractivity contribution in [3.63, 3.8) is 0 Å². The summed E-state index contributed by atoms with van der Waals surface area (Å²) >= 11 is 0. The molecule has 1 aliphatic carbocycles. The number of nitrogens with zero attached hydrogens (tertiary/aromatic N) is 4. The number of amides is 1. The maximum absolute atomic E-state index is 14.2. The third kappa shape index (κ3) is 3.78. The molecule has 7 nitrogen and oxygen atoms in total. The van der Waals surface area contributed by atoms with Crippen LogP contribution in [0.25, 0.3) is 10.9 Å². The fourth-order valence-corrected chi connectivity index (χ4v) is 4.99. The Balaban J connectivity index is 1.23. The van der Waals surface area contributed by atoms with E-state index in [1.165, 1.54) is 12.3 Å². The monoisotopic (exact) mass is 436 g/mol. The number of aromatic nitrogens is 2. The van der Waals surface area contributed by atoms with E-state index in [4.69, 9.17) is 14.5 Å². The van der Waals surface area contributed by atoms with E-state index in [1.54, 1.807) is 22.1 Å². The van der Waals surface area contributed by atoms with Crippen LogP contribution >= 0.6 is 0 Å². The molecule has 166 valence electrons. The third-order valence-electron chi connectivity index (χ3n) is 6.73. The number of benzene rings is 1. The van der Waals surface area contributed by atoms with Crippen LogP contribution in [0.5, 0.6) is 0 Å². The van der Waals surface area contributed by atoms with E-state index in [9.17, 15) is 9.18 Å². The average Bonchev–Trinajstić information content (AvgIpc) is 3.54. The molecule has 0 bridgehead atoms. The van der Waals surface area contributed by atoms with Crippen LogP contribution in [0.3, 0.4) is 0 Å². The Morgan fingerprint density at radius 3 is 2.78 bits per heavy atom. The second kappa shape index (κ2) is 8.40. The van der Waals surface area contributed by atoms with Gasteiger partial charge in [-0.25, -0.2) is 9.45 Å². The van der Waals surface area contributed by atoms with Crippen LogP contribution in [0, 0.1) is 35.9 Å². The molecule has 1 atom stereocenters. The Morgan fingerprint density at radius 2 is 2.06 bits per heavy atom. The first-order chi connectivity index (χ1) is 15.5. The van der Waals surface area contributed by atoms with Crippen molar-refractivity contribution in [3.05, 3.63) is 53.4 Å². The van der Waals surface area contributed by atoms with Gasteiger partial charge >= 0.3 is 0 Å². The van der Waals surface area contributed by atoms with Gasteiger partial charge in [-0.3, -0.25) is 14.3 Å². The summed E-state index contributed by atoms with van der Waals surface area (Å²) in [6.45, 7) is 3.07. The minimum Gasteiger partial charge on any atom is -0.469 e. The van der Waals surface area contributed by atoms with Gasteiger partial charge in [-0.2, -0.15) is 10.4 Å². The molecule has 3 heterocycles. The average molecular weight is 436 g/mol. The van der Waals surface area contributed by atoms with Gasteiger partial charge in [0.25, 0.3) is 0 Å². The zero-order valence-corrected chi connectivity index (χ0v) is 18.0. The second-order valence-corrected chi connectivity index (χ2v) is 8.84. The predicted octanol–water partition coefficient (Wildman–Crippen LogP) is 4.66. The molecular weight excluding hydrogens is 411 g/mol. The van der Waals surface area contributed by atoms with Crippen molar-refractivity contribution in [2.45, 2.75) is 51.6 Å². The lowest BCUT2D eigenvalue weighted by molar-refractivity contribution is -0.183. The van der Waals surface area contributed by atoms with Crippen molar-refractivity contribution < 1.29 is 18.4 Å². The van der Waals surface area contributed by atoms with E-state index < -0.39 is 5.82 Å². The molecule has 8 heteroatoms. The van der Waals surface area contributed by atoms with Gasteiger partial charge in [0, 0.05) is 24.4 Å². The molecule has 0 radical (unpaired) electrons. The van der Waals surface area contributed by atoms with Gasteiger partial charge in [0.15, 0.2) is 0 Å². The first-order valence-electron chi connectivity index (χ1n) is 11.1. The molecule has 2 fully saturated rings. The summed E-state index contributed by atoms with van der Waals surface area (Å²) in [6.07, 6.45) is 7.36. The fourth-order valence-electron chi connectivity index (χ4n) is 4.99. The Kier molecular flexibility index (Phi) is 5.43. The number of carbonyl (C=O) groups is 1. The highest BCUT2D eigenvalue weighted by molar-refractivity contribution is 5.81. The molecule has 0 spiro atoms. The van der Waals surface area contributed by atoms with Gasteiger partial charge in [0.1, 0.15) is 11.6 Å². The van der Waals surface area contributed by atoms with Gasteiger partial charge in [0.05, 0.1) is 47.6 Å². The van der Waals surface area contributed by atoms with Crippen molar-refractivity contribution in [2.24, 2.45) is 11.8 Å². The van der Waals surface area contributed by atoms with E-state index in [1.807, 2.05) is 19.1 Å². The molecule has 2 aliphatic rings. The highest BCUT2D eigenvalue weighted by Gasteiger charge is 2.37. The number of hydrogen-bond donors (Lipinski definition) is 0. The maximum Gasteiger partial charge on any atom is 0.249 e. The molecule has 1 aromatic carbocycles. The van der Waals surface area contributed by atoms with E-state index in [-0.39, 0.29) is 17.9 Å². The smallest absolute Gasteiger partial charge is 0.249 e. The van der Waals surface area contributed by atoms with Crippen molar-refractivity contribution in [1.29, 1.82) is 5.26 Å². The molecule has 0 unspecified atom stereocenters. The summed E-state index contributed by atoms with van der Waals surface area (Å²) in [5, 5.41) is 15.5. The van der Waals surface area contributed by atoms with Crippen LogP contribution in [0.2, 0.25) is 0 Å². The van der Waals surface area contributed by atoms with Crippen molar-refractivity contribution in [3.8, 4) is 6.07 Å². The van der Waals surface area contributed by atoms with Crippen molar-refractivity contribution in [1.82, 2.24) is 14.8 Å². The molecule has 0 N–H and O–H groups in total. The molecular formula is C24H25FN4O3. The summed E-state index contributed by atoms with van der Waals surface area (Å²) < 4.78 is 21.4. The van der Waals surface area contributed by atoms with E-state index in [0.717, 1.165) is 43.4 Å². The van der Waals surface area contributed by atoms with E-state index in [0.29, 0.717) is 35.5 Å². The number of carbonyl (C=O) groups excluding carboxylic acids is 1. The van der Waals surface area contributed by atoms with Crippen molar-refractivity contribution in [2.75, 3.05) is 6.61 Å². The lowest BCUT2D eigenvalue weighted by atomic mass is 9.81. The SMILES string of the molecule is Cc1cc([C@@H]2CCON2C(=O)C2CCC(Cn3ncc4c(F)cc(C#N)cc43)CC2)co1. The predicted molar refractivity (Wildman–Crippen MR) is 113 cm³/mol. The fraction of sp³-hybridized carbons (Fsp3) is 0.458. The Morgan fingerprint density at radius 1 is 1.25 bits per heavy atom. The van der Waals surface area contributed by atoms with Crippen LogP contribution in [0.15, 0.2) is 35.1 Å². The largest absolute Gasteiger partial charge is 0.469 e. The number of rotatable bonds is 4. The number of hydroxylamine groups is 2. The molecule has 32 heavy (non-hydrogen) atoms. The Hall–Kier alpha value is -3.18. The van der Waals surface area contributed by atoms with Crippen LogP contribution in [-0.4, -0.2) is 27.4 Å². The maximum atomic E-state index is 14.2. The van der Waals surface area contributed by atoms with Gasteiger partial charge in [-0.15, -0.1) is 0 Å². The zero-order valence-electron chi connectivity index (χ0n) is 18.0. The topological polar surface area (TPSA) is 84.3 Å². The van der Waals surface area contributed by atoms with E-state index >= 15 is 0 Å². The minimum atomic E-state index is -0.424. The lowest BCUT2D eigenvalue weighted by Crippen LogP contribution is -2.37. The number of fused-ring (bicyclic) bond motifs is 1. The number of hydrogen-bond acceptors (Lipinski definition) is 5. The summed E-state index contributed by atoms with van der Waals surface area (Å²) in [5.74, 6) is 0.745. The number of nitriles is 1. The second-order valence-electron chi connectivity index (χ2n) is 8.84. The van der Waals surface area contributed by atoms with Crippen LogP contribution < -0.4 is 0 Å². The van der Waals surface area contributed by atoms with Gasteiger partial charge in [0.2, 0.25) is 5.91 Å². The molecule has 1 amide bonds. The highest BCUT2D eigenvalue weighted by Crippen LogP contribution is 2.37. The standard InChI is InChI=1S/C24H25FN4O3/c1-15-8-19(14-31-15)22-6-7-32-29(22)24(30)18-4-2-16(3-5-18)13-28-23-10-17(11-26)9-21(25)20(23)12-27-28/h8-10,12,14,16,18,22H,2-7,13H2,1H3/t16?,18?,22-/m0/s1. The number of furan rings is 1. The van der Waals surface area contributed by atoms with E-state index in [2.05, 4.69) is 5.10 Å². The molecule has 5 rings (SSSR count). The highest BCUT2D eigenvalue weighted by atomic mass is 19.1. The Bertz CT molecular complexity index is 1190. The summed E-state index contributed by atoms with van der Waals surface area (Å²) in [7, 11) is 0. The summed E-state index contributed by atoms with van der Waals surface area (Å²) in [6, 6.07) is 6.80. The number of halogens is 1. The lowest BCUT2D eigenvalue weighted by Gasteiger charge is -2.31. The molecule has 1 aliphatic heterocycles. The van der Waals surface area contributed by atoms with Gasteiger partial charge < -0.3 is 4.42 Å². The molecule has 1 saturated carbocycles. The van der Waals surface area contributed by atoms with Gasteiger partial charge in [-0.05, 0) is 56.7 Å². The quantitative estimate of drug-likeness (QED) is 0.594. The third-order valence-corrected chi connectivity index (χ3v) is 6.73. The van der Waals surface area contributed by atoms with Crippen LogP contribution in [-0.2, 0) is 16.2 Å². The normalized spacial score (nSPS) is 23.5. The van der Waals surface area contributed by atoms with Crippen LogP contribution in [0.1, 0.15) is 55.0 Å².